The van der Waals surface area contributed by atoms with Gasteiger partial charge in [-0.2, -0.15) is 5.10 Å². The number of carboxylic acids is 1. The molecule has 7 heteroatoms. The molecule has 1 unspecified atom stereocenters. The first-order chi connectivity index (χ1) is 11.2. The Balaban J connectivity index is 2.20. The van der Waals surface area contributed by atoms with Gasteiger partial charge in [-0.05, 0) is 38.0 Å². The molecule has 24 heavy (non-hydrogen) atoms. The molecule has 1 amide bonds. The zero-order chi connectivity index (χ0) is 18.0. The molecule has 0 aliphatic carbocycles. The summed E-state index contributed by atoms with van der Waals surface area (Å²) >= 11 is 0. The van der Waals surface area contributed by atoms with E-state index in [9.17, 15) is 19.1 Å². The maximum absolute atomic E-state index is 13.4. The van der Waals surface area contributed by atoms with E-state index in [1.807, 2.05) is 6.92 Å². The second kappa shape index (κ2) is 6.82. The van der Waals surface area contributed by atoms with E-state index in [-0.39, 0.29) is 6.42 Å². The Hall–Kier alpha value is -2.70. The molecule has 0 fully saturated rings. The molecule has 6 nitrogen and oxygen atoms in total. The van der Waals surface area contributed by atoms with Crippen LogP contribution in [0, 0.1) is 26.6 Å². The molecular weight excluding hydrogens is 313 g/mol. The van der Waals surface area contributed by atoms with Gasteiger partial charge < -0.3 is 10.4 Å². The predicted octanol–water partition coefficient (Wildman–Crippen LogP) is 1.97. The number of carbonyl (C=O) groups is 2. The van der Waals surface area contributed by atoms with Gasteiger partial charge in [0.15, 0.2) is 6.04 Å². The van der Waals surface area contributed by atoms with E-state index in [2.05, 4.69) is 10.4 Å². The fourth-order valence-corrected chi connectivity index (χ4v) is 2.58. The first-order valence-corrected chi connectivity index (χ1v) is 7.48. The first-order valence-electron chi connectivity index (χ1n) is 7.48. The van der Waals surface area contributed by atoms with Crippen LogP contribution in [-0.4, -0.2) is 26.8 Å². The minimum atomic E-state index is -1.23. The summed E-state index contributed by atoms with van der Waals surface area (Å²) in [5.74, 6) is -2.05. The fraction of sp³-hybridized carbons (Fsp3) is 0.353. The number of amides is 1. The molecule has 0 saturated heterocycles. The van der Waals surface area contributed by atoms with Gasteiger partial charge in [-0.15, -0.1) is 0 Å². The third-order valence-electron chi connectivity index (χ3n) is 4.06. The zero-order valence-corrected chi connectivity index (χ0v) is 14.1. The highest BCUT2D eigenvalue weighted by atomic mass is 19.1. The summed E-state index contributed by atoms with van der Waals surface area (Å²) in [6.45, 7) is 5.19. The van der Waals surface area contributed by atoms with Gasteiger partial charge in [0, 0.05) is 18.3 Å². The smallest absolute Gasteiger partial charge is 0.330 e. The Morgan fingerprint density at radius 2 is 2.00 bits per heavy atom. The molecule has 128 valence electrons. The second-order valence-corrected chi connectivity index (χ2v) is 5.80. The van der Waals surface area contributed by atoms with E-state index in [1.54, 1.807) is 25.6 Å². The molecule has 1 aromatic heterocycles. The molecule has 0 saturated carbocycles. The van der Waals surface area contributed by atoms with Crippen molar-refractivity contribution in [1.29, 1.82) is 0 Å². The van der Waals surface area contributed by atoms with E-state index in [4.69, 9.17) is 0 Å². The molecule has 2 aromatic rings. The second-order valence-electron chi connectivity index (χ2n) is 5.80. The van der Waals surface area contributed by atoms with Gasteiger partial charge in [0.05, 0.1) is 12.1 Å². The minimum Gasteiger partial charge on any atom is -0.479 e. The molecule has 1 heterocycles. The third kappa shape index (κ3) is 3.61. The topological polar surface area (TPSA) is 84.2 Å². The standard InChI is InChI=1S/C17H20FN3O3/c1-9-7-12(5-6-14(9)18)16(17(23)24)19-15(22)8-13-10(2)20-21(4)11(13)3/h5-7,16H,8H2,1-4H3,(H,19,22)(H,23,24). The molecule has 0 bridgehead atoms. The average molecular weight is 333 g/mol. The number of carbonyl (C=O) groups excluding carboxylic acids is 1. The lowest BCUT2D eigenvalue weighted by molar-refractivity contribution is -0.142. The summed E-state index contributed by atoms with van der Waals surface area (Å²) in [4.78, 5) is 23.8. The fourth-order valence-electron chi connectivity index (χ4n) is 2.58. The van der Waals surface area contributed by atoms with Gasteiger partial charge in [0.25, 0.3) is 0 Å². The monoisotopic (exact) mass is 333 g/mol. The number of halogens is 1. The molecule has 1 atom stereocenters. The highest BCUT2D eigenvalue weighted by molar-refractivity contribution is 5.86. The number of aliphatic carboxylic acids is 1. The van der Waals surface area contributed by atoms with Gasteiger partial charge in [-0.25, -0.2) is 9.18 Å². The first kappa shape index (κ1) is 17.7. The van der Waals surface area contributed by atoms with Crippen LogP contribution in [0.15, 0.2) is 18.2 Å². The van der Waals surface area contributed by atoms with E-state index >= 15 is 0 Å². The number of carboxylic acid groups (broad SMARTS) is 1. The van der Waals surface area contributed by atoms with Gasteiger partial charge in [0.2, 0.25) is 5.91 Å². The quantitative estimate of drug-likeness (QED) is 0.876. The van der Waals surface area contributed by atoms with Gasteiger partial charge >= 0.3 is 5.97 Å². The van der Waals surface area contributed by atoms with E-state index in [0.717, 1.165) is 17.0 Å². The molecule has 2 N–H and O–H groups in total. The SMILES string of the molecule is Cc1cc(C(NC(=O)Cc2c(C)nn(C)c2C)C(=O)O)ccc1F. The van der Waals surface area contributed by atoms with Crippen LogP contribution in [0.5, 0.6) is 0 Å². The lowest BCUT2D eigenvalue weighted by Crippen LogP contribution is -2.35. The molecule has 0 aliphatic heterocycles. The summed E-state index contributed by atoms with van der Waals surface area (Å²) in [7, 11) is 1.78. The lowest BCUT2D eigenvalue weighted by Gasteiger charge is -2.16. The Labute approximate surface area is 139 Å². The molecule has 2 rings (SSSR count). The Bertz CT molecular complexity index is 799. The molecule has 0 aliphatic rings. The Morgan fingerprint density at radius 3 is 2.50 bits per heavy atom. The normalized spacial score (nSPS) is 12.0. The van der Waals surface area contributed by atoms with Crippen LogP contribution in [0.3, 0.4) is 0 Å². The van der Waals surface area contributed by atoms with Crippen molar-refractivity contribution in [2.24, 2.45) is 7.05 Å². The number of aromatic nitrogens is 2. The molecule has 0 spiro atoms. The van der Waals surface area contributed by atoms with Crippen molar-refractivity contribution in [3.8, 4) is 0 Å². The molecule has 1 aromatic carbocycles. The van der Waals surface area contributed by atoms with Crippen molar-refractivity contribution in [3.05, 3.63) is 52.1 Å². The maximum Gasteiger partial charge on any atom is 0.330 e. The summed E-state index contributed by atoms with van der Waals surface area (Å²) in [6.07, 6.45) is 0.0372. The predicted molar refractivity (Wildman–Crippen MR) is 86.0 cm³/mol. The van der Waals surface area contributed by atoms with Crippen LogP contribution in [0.4, 0.5) is 4.39 Å². The van der Waals surface area contributed by atoms with Crippen LogP contribution < -0.4 is 5.32 Å². The summed E-state index contributed by atoms with van der Waals surface area (Å²) in [5, 5.41) is 16.1. The van der Waals surface area contributed by atoms with Gasteiger partial charge in [-0.3, -0.25) is 9.48 Å². The van der Waals surface area contributed by atoms with Gasteiger partial charge in [0.1, 0.15) is 5.82 Å². The summed E-state index contributed by atoms with van der Waals surface area (Å²) < 4.78 is 15.0. The largest absolute Gasteiger partial charge is 0.479 e. The zero-order valence-electron chi connectivity index (χ0n) is 14.1. The van der Waals surface area contributed by atoms with Crippen molar-refractivity contribution in [1.82, 2.24) is 15.1 Å². The molecule has 0 radical (unpaired) electrons. The van der Waals surface area contributed by atoms with Crippen LogP contribution in [0.25, 0.3) is 0 Å². The van der Waals surface area contributed by atoms with E-state index in [0.29, 0.717) is 11.1 Å². The van der Waals surface area contributed by atoms with Crippen LogP contribution in [-0.2, 0) is 23.1 Å². The number of benzene rings is 1. The third-order valence-corrected chi connectivity index (χ3v) is 4.06. The summed E-state index contributed by atoms with van der Waals surface area (Å²) in [6, 6.07) is 2.76. The van der Waals surface area contributed by atoms with Crippen molar-refractivity contribution < 1.29 is 19.1 Å². The number of nitrogens with zero attached hydrogens (tertiary/aromatic N) is 2. The number of rotatable bonds is 5. The van der Waals surface area contributed by atoms with Crippen molar-refractivity contribution >= 4 is 11.9 Å². The number of aryl methyl sites for hydroxylation is 3. The highest BCUT2D eigenvalue weighted by Gasteiger charge is 2.24. The van der Waals surface area contributed by atoms with Crippen molar-refractivity contribution in [2.45, 2.75) is 33.2 Å². The number of nitrogens with one attached hydrogen (secondary N) is 1. The van der Waals surface area contributed by atoms with E-state index < -0.39 is 23.7 Å². The minimum absolute atomic E-state index is 0.0372. The Kier molecular flexibility index (Phi) is 5.02. The maximum atomic E-state index is 13.4. The van der Waals surface area contributed by atoms with Crippen LogP contribution >= 0.6 is 0 Å². The summed E-state index contributed by atoms with van der Waals surface area (Å²) in [5.41, 5.74) is 3.01. The lowest BCUT2D eigenvalue weighted by atomic mass is 10.0. The van der Waals surface area contributed by atoms with Crippen LogP contribution in [0.1, 0.15) is 34.1 Å². The Morgan fingerprint density at radius 1 is 1.33 bits per heavy atom. The number of hydrogen-bond acceptors (Lipinski definition) is 3. The average Bonchev–Trinajstić information content (AvgIpc) is 2.74. The van der Waals surface area contributed by atoms with Crippen molar-refractivity contribution in [2.75, 3.05) is 0 Å². The van der Waals surface area contributed by atoms with Crippen molar-refractivity contribution in [3.63, 3.8) is 0 Å². The van der Waals surface area contributed by atoms with Gasteiger partial charge in [-0.1, -0.05) is 12.1 Å². The van der Waals surface area contributed by atoms with E-state index in [1.165, 1.54) is 18.2 Å². The van der Waals surface area contributed by atoms with Crippen LogP contribution in [0.2, 0.25) is 0 Å². The highest BCUT2D eigenvalue weighted by Crippen LogP contribution is 2.18. The molecular formula is C17H20FN3O3. The number of hydrogen-bond donors (Lipinski definition) is 2.